The average molecular weight is 411 g/mol. The molecule has 0 saturated heterocycles. The Bertz CT molecular complexity index is 1060. The highest BCUT2D eigenvalue weighted by Gasteiger charge is 2.14. The molecule has 10 nitrogen and oxygen atoms in total. The lowest BCUT2D eigenvalue weighted by Gasteiger charge is -2.05. The molecule has 2 aromatic carbocycles. The van der Waals surface area contributed by atoms with Crippen LogP contribution in [-0.2, 0) is 11.4 Å². The SMILES string of the molecule is COc1ccc(OCc2ccc(C(=O)O/N=C(\N)c3ccc([N+](=O)[O-])cc3)o2)cc1. The van der Waals surface area contributed by atoms with Crippen LogP contribution in [0.1, 0.15) is 21.9 Å². The minimum Gasteiger partial charge on any atom is -0.497 e. The van der Waals surface area contributed by atoms with E-state index in [1.807, 2.05) is 0 Å². The van der Waals surface area contributed by atoms with Crippen LogP contribution in [0.5, 0.6) is 11.5 Å². The van der Waals surface area contributed by atoms with E-state index in [4.69, 9.17) is 24.5 Å². The van der Waals surface area contributed by atoms with Crippen LogP contribution < -0.4 is 15.2 Å². The highest BCUT2D eigenvalue weighted by molar-refractivity contribution is 5.98. The summed E-state index contributed by atoms with van der Waals surface area (Å²) < 4.78 is 16.0. The predicted molar refractivity (Wildman–Crippen MR) is 105 cm³/mol. The van der Waals surface area contributed by atoms with Crippen LogP contribution in [0.4, 0.5) is 5.69 Å². The monoisotopic (exact) mass is 411 g/mol. The van der Waals surface area contributed by atoms with Crippen molar-refractivity contribution in [1.29, 1.82) is 0 Å². The van der Waals surface area contributed by atoms with Gasteiger partial charge in [0.25, 0.3) is 5.69 Å². The number of furan rings is 1. The smallest absolute Gasteiger partial charge is 0.400 e. The standard InChI is InChI=1S/C20H17N3O7/c1-27-15-6-8-16(9-7-15)28-12-17-10-11-18(29-17)20(24)30-22-19(21)13-2-4-14(5-3-13)23(25)26/h2-11H,12H2,1H3,(H2,21,22). The maximum atomic E-state index is 12.1. The minimum absolute atomic E-state index is 0.0800. The topological polar surface area (TPSA) is 139 Å². The fraction of sp³-hybridized carbons (Fsp3) is 0.100. The molecule has 0 aliphatic heterocycles. The zero-order chi connectivity index (χ0) is 21.5. The van der Waals surface area contributed by atoms with Gasteiger partial charge in [0.15, 0.2) is 5.84 Å². The van der Waals surface area contributed by atoms with Gasteiger partial charge in [-0.05, 0) is 48.5 Å². The van der Waals surface area contributed by atoms with Gasteiger partial charge in [-0.1, -0.05) is 5.16 Å². The number of hydrogen-bond donors (Lipinski definition) is 1. The van der Waals surface area contributed by atoms with Crippen molar-refractivity contribution in [3.63, 3.8) is 0 Å². The number of benzene rings is 2. The van der Waals surface area contributed by atoms with Crippen molar-refractivity contribution < 1.29 is 28.4 Å². The molecule has 1 heterocycles. The van der Waals surface area contributed by atoms with Gasteiger partial charge in [-0.25, -0.2) is 4.79 Å². The second kappa shape index (κ2) is 9.24. The molecule has 0 bridgehead atoms. The highest BCUT2D eigenvalue weighted by atomic mass is 16.7. The maximum Gasteiger partial charge on any atom is 0.400 e. The van der Waals surface area contributed by atoms with E-state index in [-0.39, 0.29) is 23.9 Å². The van der Waals surface area contributed by atoms with Crippen LogP contribution in [0.25, 0.3) is 0 Å². The van der Waals surface area contributed by atoms with Crippen LogP contribution in [0.3, 0.4) is 0 Å². The van der Waals surface area contributed by atoms with Crippen molar-refractivity contribution in [2.45, 2.75) is 6.61 Å². The Balaban J connectivity index is 1.56. The Hall–Kier alpha value is -4.34. The van der Waals surface area contributed by atoms with Crippen molar-refractivity contribution in [3.8, 4) is 11.5 Å². The van der Waals surface area contributed by atoms with Gasteiger partial charge in [0.1, 0.15) is 23.9 Å². The van der Waals surface area contributed by atoms with Crippen LogP contribution in [0.15, 0.2) is 70.2 Å². The summed E-state index contributed by atoms with van der Waals surface area (Å²) in [5.74, 6) is 0.674. The summed E-state index contributed by atoms with van der Waals surface area (Å²) in [6, 6.07) is 15.3. The molecule has 0 spiro atoms. The highest BCUT2D eigenvalue weighted by Crippen LogP contribution is 2.19. The number of methoxy groups -OCH3 is 1. The van der Waals surface area contributed by atoms with Gasteiger partial charge in [-0.2, -0.15) is 0 Å². The van der Waals surface area contributed by atoms with E-state index in [1.165, 1.54) is 30.3 Å². The Morgan fingerprint density at radius 2 is 1.73 bits per heavy atom. The molecule has 2 N–H and O–H groups in total. The van der Waals surface area contributed by atoms with E-state index in [0.717, 1.165) is 0 Å². The summed E-state index contributed by atoms with van der Waals surface area (Å²) in [5.41, 5.74) is 6.00. The number of nitrogens with two attached hydrogens (primary N) is 1. The molecule has 0 aliphatic carbocycles. The summed E-state index contributed by atoms with van der Waals surface area (Å²) in [7, 11) is 1.57. The zero-order valence-corrected chi connectivity index (χ0v) is 15.8. The van der Waals surface area contributed by atoms with E-state index >= 15 is 0 Å². The summed E-state index contributed by atoms with van der Waals surface area (Å²) in [6.07, 6.45) is 0. The predicted octanol–water partition coefficient (Wildman–Crippen LogP) is 3.25. The van der Waals surface area contributed by atoms with Crippen molar-refractivity contribution in [3.05, 3.63) is 87.9 Å². The molecule has 30 heavy (non-hydrogen) atoms. The van der Waals surface area contributed by atoms with Crippen molar-refractivity contribution >= 4 is 17.5 Å². The first-order chi connectivity index (χ1) is 14.5. The molecule has 154 valence electrons. The maximum absolute atomic E-state index is 12.1. The first kappa shape index (κ1) is 20.4. The molecule has 0 atom stereocenters. The number of carbonyl (C=O) groups excluding carboxylic acids is 1. The van der Waals surface area contributed by atoms with E-state index in [0.29, 0.717) is 22.8 Å². The molecule has 3 aromatic rings. The number of ether oxygens (including phenoxy) is 2. The van der Waals surface area contributed by atoms with Gasteiger partial charge in [0.05, 0.1) is 12.0 Å². The summed E-state index contributed by atoms with van der Waals surface area (Å²) >= 11 is 0. The number of oxime groups is 1. The molecule has 10 heteroatoms. The molecule has 0 amide bonds. The lowest BCUT2D eigenvalue weighted by molar-refractivity contribution is -0.384. The van der Waals surface area contributed by atoms with Gasteiger partial charge in [0.2, 0.25) is 5.76 Å². The summed E-state index contributed by atoms with van der Waals surface area (Å²) in [5, 5.41) is 14.2. The van der Waals surface area contributed by atoms with Crippen LogP contribution in [0, 0.1) is 10.1 Å². The Labute approximate surface area is 170 Å². The number of carbonyl (C=O) groups is 1. The largest absolute Gasteiger partial charge is 0.497 e. The van der Waals surface area contributed by atoms with Gasteiger partial charge in [0, 0.05) is 17.7 Å². The molecular weight excluding hydrogens is 394 g/mol. The molecule has 1 aromatic heterocycles. The van der Waals surface area contributed by atoms with Crippen molar-refractivity contribution in [2.24, 2.45) is 10.9 Å². The lowest BCUT2D eigenvalue weighted by Crippen LogP contribution is -2.15. The number of hydrogen-bond acceptors (Lipinski definition) is 8. The molecule has 0 fully saturated rings. The fourth-order valence-corrected chi connectivity index (χ4v) is 2.33. The third-order valence-electron chi connectivity index (χ3n) is 3.90. The molecule has 0 unspecified atom stereocenters. The lowest BCUT2D eigenvalue weighted by atomic mass is 10.2. The normalized spacial score (nSPS) is 11.0. The Kier molecular flexibility index (Phi) is 6.28. The van der Waals surface area contributed by atoms with Gasteiger partial charge < -0.3 is 24.5 Å². The number of nitro benzene ring substituents is 1. The Morgan fingerprint density at radius 3 is 2.37 bits per heavy atom. The number of amidine groups is 1. The first-order valence-electron chi connectivity index (χ1n) is 8.61. The van der Waals surface area contributed by atoms with E-state index in [9.17, 15) is 14.9 Å². The minimum atomic E-state index is -0.851. The number of non-ortho nitro benzene ring substituents is 1. The average Bonchev–Trinajstić information content (AvgIpc) is 3.25. The molecule has 0 aliphatic rings. The van der Waals surface area contributed by atoms with Crippen molar-refractivity contribution in [1.82, 2.24) is 0 Å². The Morgan fingerprint density at radius 1 is 1.07 bits per heavy atom. The number of rotatable bonds is 8. The quantitative estimate of drug-likeness (QED) is 0.196. The molecule has 3 rings (SSSR count). The van der Waals surface area contributed by atoms with Gasteiger partial charge in [-0.15, -0.1) is 0 Å². The van der Waals surface area contributed by atoms with Crippen molar-refractivity contribution in [2.75, 3.05) is 7.11 Å². The van der Waals surface area contributed by atoms with E-state index < -0.39 is 10.9 Å². The molecular formula is C20H17N3O7. The van der Waals surface area contributed by atoms with Crippen LogP contribution in [-0.4, -0.2) is 23.8 Å². The summed E-state index contributed by atoms with van der Waals surface area (Å²) in [6.45, 7) is 0.105. The number of nitro groups is 1. The fourth-order valence-electron chi connectivity index (χ4n) is 2.33. The third kappa shape index (κ3) is 5.13. The number of nitrogens with zero attached hydrogens (tertiary/aromatic N) is 2. The third-order valence-corrected chi connectivity index (χ3v) is 3.90. The molecule has 0 radical (unpaired) electrons. The second-order valence-corrected chi connectivity index (χ2v) is 5.89. The summed E-state index contributed by atoms with van der Waals surface area (Å²) in [4.78, 5) is 26.9. The van der Waals surface area contributed by atoms with Crippen LogP contribution >= 0.6 is 0 Å². The first-order valence-corrected chi connectivity index (χ1v) is 8.61. The zero-order valence-electron chi connectivity index (χ0n) is 15.8. The van der Waals surface area contributed by atoms with Gasteiger partial charge >= 0.3 is 5.97 Å². The van der Waals surface area contributed by atoms with E-state index in [2.05, 4.69) is 5.16 Å². The second-order valence-electron chi connectivity index (χ2n) is 5.89. The van der Waals surface area contributed by atoms with Crippen LogP contribution in [0.2, 0.25) is 0 Å². The van der Waals surface area contributed by atoms with E-state index in [1.54, 1.807) is 37.4 Å². The van der Waals surface area contributed by atoms with Gasteiger partial charge in [-0.3, -0.25) is 10.1 Å². The molecule has 0 saturated carbocycles.